The molecule has 0 spiro atoms. The lowest BCUT2D eigenvalue weighted by Crippen LogP contribution is -2.22. The number of aryl methyl sites for hydroxylation is 3. The number of nitrogens with zero attached hydrogens (tertiary/aromatic N) is 3. The summed E-state index contributed by atoms with van der Waals surface area (Å²) in [5.41, 5.74) is 4.36. The Morgan fingerprint density at radius 1 is 0.967 bits per heavy atom. The zero-order chi connectivity index (χ0) is 21.6. The van der Waals surface area contributed by atoms with E-state index in [9.17, 15) is 14.0 Å². The number of ether oxygens (including phenoxy) is 1. The van der Waals surface area contributed by atoms with Gasteiger partial charge in [-0.2, -0.15) is 0 Å². The fourth-order valence-corrected chi connectivity index (χ4v) is 3.79. The van der Waals surface area contributed by atoms with E-state index in [0.29, 0.717) is 16.9 Å². The summed E-state index contributed by atoms with van der Waals surface area (Å²) in [5.74, 6) is -0.00406. The van der Waals surface area contributed by atoms with Crippen molar-refractivity contribution in [2.75, 3.05) is 7.11 Å². The highest BCUT2D eigenvalue weighted by atomic mass is 19.1. The minimum atomic E-state index is -0.412. The van der Waals surface area contributed by atoms with Gasteiger partial charge >= 0.3 is 5.69 Å². The number of rotatable bonds is 4. The first-order valence-electron chi connectivity index (χ1n) is 9.49. The molecule has 0 unspecified atom stereocenters. The maximum atomic E-state index is 13.9. The molecule has 2 aromatic carbocycles. The average Bonchev–Trinajstić information content (AvgIpc) is 2.95. The zero-order valence-corrected chi connectivity index (χ0v) is 17.3. The van der Waals surface area contributed by atoms with E-state index in [2.05, 4.69) is 0 Å². The maximum absolute atomic E-state index is 13.9. The van der Waals surface area contributed by atoms with Gasteiger partial charge in [0.15, 0.2) is 0 Å². The molecular weight excluding hydrogens is 385 g/mol. The van der Waals surface area contributed by atoms with Crippen LogP contribution in [0.3, 0.4) is 0 Å². The molecule has 4 rings (SSSR count). The van der Waals surface area contributed by atoms with E-state index in [1.165, 1.54) is 19.2 Å². The summed E-state index contributed by atoms with van der Waals surface area (Å²) in [5, 5.41) is 0. The molecule has 0 fully saturated rings. The number of fused-ring (bicyclic) bond motifs is 1. The summed E-state index contributed by atoms with van der Waals surface area (Å²) in [6.07, 6.45) is 1.78. The Kier molecular flexibility index (Phi) is 4.81. The fourth-order valence-electron chi connectivity index (χ4n) is 3.79. The minimum Gasteiger partial charge on any atom is -0.497 e. The molecule has 0 amide bonds. The van der Waals surface area contributed by atoms with Crippen LogP contribution in [-0.4, -0.2) is 20.8 Å². The van der Waals surface area contributed by atoms with Gasteiger partial charge in [-0.05, 0) is 53.9 Å². The van der Waals surface area contributed by atoms with Gasteiger partial charge in [0, 0.05) is 31.9 Å². The normalized spacial score (nSPS) is 11.2. The van der Waals surface area contributed by atoms with E-state index in [1.807, 2.05) is 24.3 Å². The number of hydrogen-bond acceptors (Lipinski definition) is 3. The molecule has 2 aromatic heterocycles. The molecule has 0 atom stereocenters. The molecule has 30 heavy (non-hydrogen) atoms. The molecule has 0 aliphatic heterocycles. The van der Waals surface area contributed by atoms with Crippen molar-refractivity contribution in [1.29, 1.82) is 0 Å². The molecule has 6 nitrogen and oxygen atoms in total. The molecule has 4 aromatic rings. The molecule has 154 valence electrons. The van der Waals surface area contributed by atoms with Gasteiger partial charge in [-0.3, -0.25) is 13.9 Å². The van der Waals surface area contributed by atoms with Crippen LogP contribution in [0.25, 0.3) is 22.2 Å². The second kappa shape index (κ2) is 7.33. The van der Waals surface area contributed by atoms with Crippen LogP contribution < -0.4 is 16.0 Å². The van der Waals surface area contributed by atoms with Gasteiger partial charge in [-0.1, -0.05) is 6.07 Å². The minimum absolute atomic E-state index is 0.0381. The first-order valence-corrected chi connectivity index (χ1v) is 9.49. The third-order valence-corrected chi connectivity index (χ3v) is 5.35. The van der Waals surface area contributed by atoms with Crippen molar-refractivity contribution in [1.82, 2.24) is 13.7 Å². The average molecular weight is 407 g/mol. The van der Waals surface area contributed by atoms with E-state index in [4.69, 9.17) is 4.74 Å². The van der Waals surface area contributed by atoms with Crippen LogP contribution in [0.5, 0.6) is 5.75 Å². The van der Waals surface area contributed by atoms with E-state index in [0.717, 1.165) is 22.2 Å². The third-order valence-electron chi connectivity index (χ3n) is 5.35. The highest BCUT2D eigenvalue weighted by Gasteiger charge is 2.14. The van der Waals surface area contributed by atoms with Gasteiger partial charge in [0.25, 0.3) is 5.56 Å². The van der Waals surface area contributed by atoms with E-state index >= 15 is 0 Å². The number of halogens is 1. The highest BCUT2D eigenvalue weighted by Crippen LogP contribution is 2.25. The van der Waals surface area contributed by atoms with Crippen LogP contribution in [0.1, 0.15) is 11.1 Å². The van der Waals surface area contributed by atoms with Crippen molar-refractivity contribution < 1.29 is 9.13 Å². The molecule has 0 N–H and O–H groups in total. The van der Waals surface area contributed by atoms with Crippen LogP contribution in [-0.2, 0) is 20.6 Å². The quantitative estimate of drug-likeness (QED) is 0.522. The van der Waals surface area contributed by atoms with Crippen molar-refractivity contribution in [2.45, 2.75) is 13.5 Å². The van der Waals surface area contributed by atoms with Crippen LogP contribution in [0.2, 0.25) is 0 Å². The molecule has 0 aliphatic rings. The van der Waals surface area contributed by atoms with E-state index in [-0.39, 0.29) is 17.8 Å². The Hall–Kier alpha value is -3.61. The standard InChI is InChI=1S/C23H22FN3O3/c1-14-7-17(13-25(2)22(14)28)16-5-6-20-21(10-16)26(3)23(29)27(20)12-15-8-18(24)11-19(9-15)30-4/h5-11,13H,12H2,1-4H3. The number of hydrogen-bond donors (Lipinski definition) is 0. The van der Waals surface area contributed by atoms with Crippen LogP contribution >= 0.6 is 0 Å². The first kappa shape index (κ1) is 19.7. The predicted octanol–water partition coefficient (Wildman–Crippen LogP) is 3.21. The molecule has 0 bridgehead atoms. The van der Waals surface area contributed by atoms with Gasteiger partial charge in [0.2, 0.25) is 0 Å². The van der Waals surface area contributed by atoms with Crippen LogP contribution in [0.15, 0.2) is 58.3 Å². The van der Waals surface area contributed by atoms with E-state index in [1.54, 1.807) is 47.0 Å². The van der Waals surface area contributed by atoms with Gasteiger partial charge < -0.3 is 9.30 Å². The Bertz CT molecular complexity index is 1370. The zero-order valence-electron chi connectivity index (χ0n) is 17.3. The molecule has 2 heterocycles. The van der Waals surface area contributed by atoms with Crippen LogP contribution in [0.4, 0.5) is 4.39 Å². The Morgan fingerprint density at radius 3 is 2.43 bits per heavy atom. The lowest BCUT2D eigenvalue weighted by molar-refractivity contribution is 0.410. The Balaban J connectivity index is 1.83. The van der Waals surface area contributed by atoms with Gasteiger partial charge in [-0.25, -0.2) is 9.18 Å². The van der Waals surface area contributed by atoms with Crippen LogP contribution in [0, 0.1) is 12.7 Å². The summed E-state index contributed by atoms with van der Waals surface area (Å²) in [7, 11) is 4.91. The van der Waals surface area contributed by atoms with Crippen molar-refractivity contribution in [3.8, 4) is 16.9 Å². The fraction of sp³-hybridized carbons (Fsp3) is 0.217. The largest absolute Gasteiger partial charge is 0.497 e. The summed E-state index contributed by atoms with van der Waals surface area (Å²) < 4.78 is 23.7. The summed E-state index contributed by atoms with van der Waals surface area (Å²) in [4.78, 5) is 24.9. The van der Waals surface area contributed by atoms with Crippen molar-refractivity contribution in [3.63, 3.8) is 0 Å². The molecule has 7 heteroatoms. The first-order chi connectivity index (χ1) is 14.3. The number of pyridine rings is 1. The second-order valence-electron chi connectivity index (χ2n) is 7.46. The monoisotopic (exact) mass is 407 g/mol. The molecule has 0 aliphatic carbocycles. The molecule has 0 radical (unpaired) electrons. The second-order valence-corrected chi connectivity index (χ2v) is 7.46. The summed E-state index contributed by atoms with van der Waals surface area (Å²) in [6.45, 7) is 2.01. The Labute approximate surface area is 172 Å². The lowest BCUT2D eigenvalue weighted by Gasteiger charge is -2.08. The number of aromatic nitrogens is 3. The van der Waals surface area contributed by atoms with Crippen molar-refractivity contribution in [2.24, 2.45) is 14.1 Å². The smallest absolute Gasteiger partial charge is 0.329 e. The molecular formula is C23H22FN3O3. The SMILES string of the molecule is COc1cc(F)cc(Cn2c(=O)n(C)c3cc(-c4cc(C)c(=O)n(C)c4)ccc32)c1. The third kappa shape index (κ3) is 3.32. The highest BCUT2D eigenvalue weighted by molar-refractivity contribution is 5.82. The maximum Gasteiger partial charge on any atom is 0.329 e. The van der Waals surface area contributed by atoms with Gasteiger partial charge in [0.1, 0.15) is 11.6 Å². The van der Waals surface area contributed by atoms with Gasteiger partial charge in [0.05, 0.1) is 24.7 Å². The van der Waals surface area contributed by atoms with Gasteiger partial charge in [-0.15, -0.1) is 0 Å². The van der Waals surface area contributed by atoms with E-state index < -0.39 is 5.82 Å². The van der Waals surface area contributed by atoms with Crippen molar-refractivity contribution >= 4 is 11.0 Å². The topological polar surface area (TPSA) is 58.2 Å². The molecule has 0 saturated carbocycles. The Morgan fingerprint density at radius 2 is 1.73 bits per heavy atom. The number of imidazole rings is 1. The lowest BCUT2D eigenvalue weighted by atomic mass is 10.1. The number of methoxy groups -OCH3 is 1. The summed E-state index contributed by atoms with van der Waals surface area (Å²) >= 11 is 0. The summed E-state index contributed by atoms with van der Waals surface area (Å²) in [6, 6.07) is 12.0. The number of benzene rings is 2. The van der Waals surface area contributed by atoms with Crippen molar-refractivity contribution in [3.05, 3.63) is 86.4 Å². The predicted molar refractivity (Wildman–Crippen MR) is 115 cm³/mol. The molecule has 0 saturated heterocycles.